The molecule has 1 saturated heterocycles. The predicted octanol–water partition coefficient (Wildman–Crippen LogP) is 0.405. The Hall–Kier alpha value is -1.10. The van der Waals surface area contributed by atoms with Crippen LogP contribution in [0.5, 0.6) is 0 Å². The van der Waals surface area contributed by atoms with Gasteiger partial charge in [-0.25, -0.2) is 5.84 Å². The van der Waals surface area contributed by atoms with Crippen LogP contribution < -0.4 is 11.3 Å². The summed E-state index contributed by atoms with van der Waals surface area (Å²) >= 11 is 0. The molecule has 0 spiro atoms. The highest BCUT2D eigenvalue weighted by molar-refractivity contribution is 5.78. The third-order valence-corrected chi connectivity index (χ3v) is 3.27. The van der Waals surface area contributed by atoms with Gasteiger partial charge in [0, 0.05) is 25.9 Å². The fraction of sp³-hybridized carbons (Fsp3) is 0.818. The number of carbonyl (C=O) groups excluding carboxylic acids is 2. The summed E-state index contributed by atoms with van der Waals surface area (Å²) in [4.78, 5) is 24.5. The van der Waals surface area contributed by atoms with Crippen LogP contribution in [-0.2, 0) is 9.59 Å². The molecule has 3 N–H and O–H groups in total. The maximum atomic E-state index is 11.7. The lowest BCUT2D eigenvalue weighted by atomic mass is 9.98. The molecular weight excluding hydrogens is 206 g/mol. The van der Waals surface area contributed by atoms with Crippen LogP contribution in [0.25, 0.3) is 0 Å². The fourth-order valence-electron chi connectivity index (χ4n) is 2.05. The van der Waals surface area contributed by atoms with E-state index in [9.17, 15) is 9.59 Å². The van der Waals surface area contributed by atoms with E-state index in [0.29, 0.717) is 25.3 Å². The SMILES string of the molecule is CCC1CCC(=O)N(CCC(=O)NN)CC1. The van der Waals surface area contributed by atoms with E-state index < -0.39 is 0 Å². The topological polar surface area (TPSA) is 75.4 Å². The summed E-state index contributed by atoms with van der Waals surface area (Å²) in [7, 11) is 0. The number of rotatable bonds is 4. The summed E-state index contributed by atoms with van der Waals surface area (Å²) in [5, 5.41) is 0. The van der Waals surface area contributed by atoms with Crippen molar-refractivity contribution < 1.29 is 9.59 Å². The maximum Gasteiger partial charge on any atom is 0.235 e. The van der Waals surface area contributed by atoms with Crippen molar-refractivity contribution in [3.8, 4) is 0 Å². The molecular formula is C11H21N3O2. The number of hydrazine groups is 1. The summed E-state index contributed by atoms with van der Waals surface area (Å²) in [6.45, 7) is 3.42. The lowest BCUT2D eigenvalue weighted by molar-refractivity contribution is -0.131. The third kappa shape index (κ3) is 3.81. The van der Waals surface area contributed by atoms with Crippen molar-refractivity contribution in [2.75, 3.05) is 13.1 Å². The van der Waals surface area contributed by atoms with E-state index in [1.165, 1.54) is 0 Å². The molecule has 1 aliphatic heterocycles. The number of nitrogens with one attached hydrogen (secondary N) is 1. The van der Waals surface area contributed by atoms with Crippen LogP contribution in [0.3, 0.4) is 0 Å². The molecule has 1 atom stereocenters. The number of nitrogens with zero attached hydrogens (tertiary/aromatic N) is 1. The Morgan fingerprint density at radius 3 is 2.94 bits per heavy atom. The van der Waals surface area contributed by atoms with Crippen LogP contribution in [-0.4, -0.2) is 29.8 Å². The Morgan fingerprint density at radius 1 is 1.56 bits per heavy atom. The molecule has 1 aliphatic rings. The smallest absolute Gasteiger partial charge is 0.235 e. The lowest BCUT2D eigenvalue weighted by Crippen LogP contribution is -2.36. The van der Waals surface area contributed by atoms with Crippen LogP contribution in [0.15, 0.2) is 0 Å². The van der Waals surface area contributed by atoms with E-state index in [4.69, 9.17) is 5.84 Å². The molecule has 0 aliphatic carbocycles. The van der Waals surface area contributed by atoms with Gasteiger partial charge < -0.3 is 4.90 Å². The van der Waals surface area contributed by atoms with Gasteiger partial charge in [-0.2, -0.15) is 0 Å². The first kappa shape index (κ1) is 13.0. The molecule has 0 radical (unpaired) electrons. The molecule has 92 valence electrons. The molecule has 1 rings (SSSR count). The number of hydrogen-bond acceptors (Lipinski definition) is 3. The summed E-state index contributed by atoms with van der Waals surface area (Å²) < 4.78 is 0. The van der Waals surface area contributed by atoms with E-state index in [1.54, 1.807) is 4.90 Å². The van der Waals surface area contributed by atoms with Crippen LogP contribution in [0.1, 0.15) is 39.0 Å². The van der Waals surface area contributed by atoms with E-state index in [2.05, 4.69) is 12.3 Å². The highest BCUT2D eigenvalue weighted by Crippen LogP contribution is 2.20. The van der Waals surface area contributed by atoms with E-state index >= 15 is 0 Å². The van der Waals surface area contributed by atoms with E-state index in [-0.39, 0.29) is 11.8 Å². The zero-order chi connectivity index (χ0) is 12.0. The molecule has 2 amide bonds. The van der Waals surface area contributed by atoms with Crippen LogP contribution >= 0.6 is 0 Å². The van der Waals surface area contributed by atoms with Crippen LogP contribution in [0.2, 0.25) is 0 Å². The molecule has 0 aromatic heterocycles. The first-order chi connectivity index (χ1) is 7.67. The van der Waals surface area contributed by atoms with E-state index in [0.717, 1.165) is 25.8 Å². The molecule has 16 heavy (non-hydrogen) atoms. The molecule has 5 nitrogen and oxygen atoms in total. The fourth-order valence-corrected chi connectivity index (χ4v) is 2.05. The van der Waals surface area contributed by atoms with Gasteiger partial charge in [0.15, 0.2) is 0 Å². The van der Waals surface area contributed by atoms with Gasteiger partial charge in [0.25, 0.3) is 0 Å². The minimum Gasteiger partial charge on any atom is -0.342 e. The lowest BCUT2D eigenvalue weighted by Gasteiger charge is -2.20. The third-order valence-electron chi connectivity index (χ3n) is 3.27. The quantitative estimate of drug-likeness (QED) is 0.415. The normalized spacial score (nSPS) is 21.8. The molecule has 5 heteroatoms. The van der Waals surface area contributed by atoms with Crippen molar-refractivity contribution >= 4 is 11.8 Å². The van der Waals surface area contributed by atoms with Gasteiger partial charge in [-0.15, -0.1) is 0 Å². The van der Waals surface area contributed by atoms with Crippen molar-refractivity contribution in [2.24, 2.45) is 11.8 Å². The van der Waals surface area contributed by atoms with Crippen LogP contribution in [0.4, 0.5) is 0 Å². The number of amides is 2. The van der Waals surface area contributed by atoms with Gasteiger partial charge in [0.05, 0.1) is 0 Å². The van der Waals surface area contributed by atoms with Gasteiger partial charge in [-0.05, 0) is 18.8 Å². The van der Waals surface area contributed by atoms with Crippen molar-refractivity contribution in [3.05, 3.63) is 0 Å². The highest BCUT2D eigenvalue weighted by atomic mass is 16.2. The second kappa shape index (κ2) is 6.48. The van der Waals surface area contributed by atoms with Crippen molar-refractivity contribution in [3.63, 3.8) is 0 Å². The largest absolute Gasteiger partial charge is 0.342 e. The molecule has 0 saturated carbocycles. The van der Waals surface area contributed by atoms with Gasteiger partial charge in [-0.1, -0.05) is 13.3 Å². The molecule has 1 heterocycles. The van der Waals surface area contributed by atoms with Crippen molar-refractivity contribution in [1.82, 2.24) is 10.3 Å². The Labute approximate surface area is 96.3 Å². The number of carbonyl (C=O) groups is 2. The van der Waals surface area contributed by atoms with Crippen LogP contribution in [0, 0.1) is 5.92 Å². The Balaban J connectivity index is 2.40. The molecule has 1 fully saturated rings. The summed E-state index contributed by atoms with van der Waals surface area (Å²) in [5.74, 6) is 5.59. The second-order valence-corrected chi connectivity index (χ2v) is 4.30. The molecule has 1 unspecified atom stereocenters. The number of likely N-dealkylation sites (tertiary alicyclic amines) is 1. The Bertz CT molecular complexity index is 256. The Kier molecular flexibility index (Phi) is 5.25. The number of nitrogens with two attached hydrogens (primary N) is 1. The van der Waals surface area contributed by atoms with Gasteiger partial charge in [-0.3, -0.25) is 15.0 Å². The summed E-state index contributed by atoms with van der Waals surface area (Å²) in [6, 6.07) is 0. The Morgan fingerprint density at radius 2 is 2.31 bits per heavy atom. The average Bonchev–Trinajstić information content (AvgIpc) is 2.48. The minimum atomic E-state index is -0.218. The average molecular weight is 227 g/mol. The zero-order valence-electron chi connectivity index (χ0n) is 9.87. The molecule has 0 bridgehead atoms. The second-order valence-electron chi connectivity index (χ2n) is 4.30. The zero-order valence-corrected chi connectivity index (χ0v) is 9.87. The van der Waals surface area contributed by atoms with Gasteiger partial charge >= 0.3 is 0 Å². The van der Waals surface area contributed by atoms with Gasteiger partial charge in [0.2, 0.25) is 11.8 Å². The monoisotopic (exact) mass is 227 g/mol. The van der Waals surface area contributed by atoms with E-state index in [1.807, 2.05) is 0 Å². The standard InChI is InChI=1S/C11H21N3O2/c1-2-9-3-4-11(16)14(7-5-9)8-6-10(15)13-12/h9H,2-8,12H2,1H3,(H,13,15). The first-order valence-electron chi connectivity index (χ1n) is 5.94. The molecule has 0 aromatic carbocycles. The predicted molar refractivity (Wildman–Crippen MR) is 61.2 cm³/mol. The first-order valence-corrected chi connectivity index (χ1v) is 5.94. The summed E-state index contributed by atoms with van der Waals surface area (Å²) in [6.07, 6.45) is 4.06. The minimum absolute atomic E-state index is 0.167. The number of hydrogen-bond donors (Lipinski definition) is 2. The summed E-state index contributed by atoms with van der Waals surface area (Å²) in [5.41, 5.74) is 2.08. The van der Waals surface area contributed by atoms with Gasteiger partial charge in [0.1, 0.15) is 0 Å². The van der Waals surface area contributed by atoms with Crippen molar-refractivity contribution in [1.29, 1.82) is 0 Å². The highest BCUT2D eigenvalue weighted by Gasteiger charge is 2.21. The maximum absolute atomic E-state index is 11.7. The molecule has 0 aromatic rings. The van der Waals surface area contributed by atoms with Crippen molar-refractivity contribution in [2.45, 2.75) is 39.0 Å².